The third-order valence-corrected chi connectivity index (χ3v) is 2.49. The van der Waals surface area contributed by atoms with E-state index in [4.69, 9.17) is 0 Å². The maximum Gasteiger partial charge on any atom is 0.0726 e. The van der Waals surface area contributed by atoms with E-state index in [1.165, 1.54) is 0 Å². The molecule has 0 aromatic carbocycles. The molecule has 1 atom stereocenters. The summed E-state index contributed by atoms with van der Waals surface area (Å²) in [6, 6.07) is 0. The van der Waals surface area contributed by atoms with Gasteiger partial charge in [-0.3, -0.25) is 0 Å². The van der Waals surface area contributed by atoms with Gasteiger partial charge in [-0.2, -0.15) is 16.9 Å². The van der Waals surface area contributed by atoms with E-state index >= 15 is 0 Å². The Bertz CT molecular complexity index is 164. The van der Waals surface area contributed by atoms with Gasteiger partial charge in [0.15, 0.2) is 0 Å². The molecule has 0 radical (unpaired) electrons. The molecule has 0 aliphatic rings. The highest BCUT2D eigenvalue weighted by Crippen LogP contribution is 2.11. The van der Waals surface area contributed by atoms with Crippen LogP contribution < -0.4 is 5.43 Å². The summed E-state index contributed by atoms with van der Waals surface area (Å²) >= 11 is 1.90. The average molecular weight is 186 g/mol. The molecule has 0 amide bonds. The fourth-order valence-electron chi connectivity index (χ4n) is 0.899. The first-order valence-corrected chi connectivity index (χ1v) is 5.29. The van der Waals surface area contributed by atoms with Crippen molar-refractivity contribution in [3.05, 3.63) is 12.2 Å². The van der Waals surface area contributed by atoms with Crippen LogP contribution in [0.25, 0.3) is 0 Å². The average Bonchev–Trinajstić information content (AvgIpc) is 2.04. The number of rotatable bonds is 5. The van der Waals surface area contributed by atoms with E-state index in [2.05, 4.69) is 24.4 Å². The normalized spacial score (nSPS) is 15.2. The molecular weight excluding hydrogens is 168 g/mol. The molecule has 0 aromatic rings. The monoisotopic (exact) mass is 186 g/mol. The van der Waals surface area contributed by atoms with Gasteiger partial charge in [-0.05, 0) is 25.7 Å². The molecule has 0 aromatic heterocycles. The Morgan fingerprint density at radius 2 is 2.33 bits per heavy atom. The van der Waals surface area contributed by atoms with Gasteiger partial charge in [-0.25, -0.2) is 0 Å². The van der Waals surface area contributed by atoms with Gasteiger partial charge in [0.05, 0.1) is 5.71 Å². The van der Waals surface area contributed by atoms with Crippen molar-refractivity contribution in [3.8, 4) is 0 Å². The fourth-order valence-corrected chi connectivity index (χ4v) is 1.70. The standard InChI is InChI=1S/C9H18N2S/c1-5-7-9(11-10-4)8(3)12-6-2/h5,7-8,10H,6H2,1-4H3/b7-5-,11-9-. The molecule has 0 saturated carbocycles. The highest BCUT2D eigenvalue weighted by atomic mass is 32.2. The molecule has 0 heterocycles. The van der Waals surface area contributed by atoms with Gasteiger partial charge >= 0.3 is 0 Å². The summed E-state index contributed by atoms with van der Waals surface area (Å²) in [7, 11) is 1.83. The molecule has 0 rings (SSSR count). The molecule has 1 N–H and O–H groups in total. The molecule has 0 saturated heterocycles. The van der Waals surface area contributed by atoms with Crippen LogP contribution in [0, 0.1) is 0 Å². The van der Waals surface area contributed by atoms with Gasteiger partial charge in [-0.15, -0.1) is 0 Å². The Morgan fingerprint density at radius 3 is 2.75 bits per heavy atom. The van der Waals surface area contributed by atoms with Crippen LogP contribution in [-0.2, 0) is 0 Å². The van der Waals surface area contributed by atoms with Crippen molar-refractivity contribution in [1.29, 1.82) is 0 Å². The molecule has 0 bridgehead atoms. The zero-order valence-corrected chi connectivity index (χ0v) is 9.11. The lowest BCUT2D eigenvalue weighted by Gasteiger charge is -2.09. The number of allylic oxidation sites excluding steroid dienone is 2. The molecule has 0 aliphatic heterocycles. The number of hydrazone groups is 1. The number of thioether (sulfide) groups is 1. The first-order valence-electron chi connectivity index (χ1n) is 4.24. The molecule has 2 nitrogen and oxygen atoms in total. The van der Waals surface area contributed by atoms with Gasteiger partial charge in [-0.1, -0.05) is 13.0 Å². The lowest BCUT2D eigenvalue weighted by atomic mass is 10.3. The van der Waals surface area contributed by atoms with Crippen LogP contribution in [0.5, 0.6) is 0 Å². The van der Waals surface area contributed by atoms with Crippen LogP contribution in [0.1, 0.15) is 20.8 Å². The van der Waals surface area contributed by atoms with Crippen molar-refractivity contribution in [2.75, 3.05) is 12.8 Å². The van der Waals surface area contributed by atoms with Crippen LogP contribution in [0.4, 0.5) is 0 Å². The summed E-state index contributed by atoms with van der Waals surface area (Å²) in [6.07, 6.45) is 4.06. The third-order valence-electron chi connectivity index (χ3n) is 1.41. The van der Waals surface area contributed by atoms with Crippen molar-refractivity contribution in [3.63, 3.8) is 0 Å². The predicted molar refractivity (Wildman–Crippen MR) is 58.9 cm³/mol. The van der Waals surface area contributed by atoms with Crippen LogP contribution in [-0.4, -0.2) is 23.8 Å². The van der Waals surface area contributed by atoms with E-state index < -0.39 is 0 Å². The van der Waals surface area contributed by atoms with Crippen molar-refractivity contribution >= 4 is 17.5 Å². The van der Waals surface area contributed by atoms with E-state index in [-0.39, 0.29) is 0 Å². The van der Waals surface area contributed by atoms with Crippen LogP contribution >= 0.6 is 11.8 Å². The van der Waals surface area contributed by atoms with Crippen LogP contribution in [0.2, 0.25) is 0 Å². The molecule has 0 spiro atoms. The summed E-state index contributed by atoms with van der Waals surface area (Å²) in [6.45, 7) is 6.34. The maximum atomic E-state index is 4.19. The minimum Gasteiger partial charge on any atom is -0.313 e. The summed E-state index contributed by atoms with van der Waals surface area (Å²) in [4.78, 5) is 0. The first-order chi connectivity index (χ1) is 5.76. The predicted octanol–water partition coefficient (Wildman–Crippen LogP) is 2.28. The minimum atomic E-state index is 0.471. The highest BCUT2D eigenvalue weighted by molar-refractivity contribution is 8.00. The summed E-state index contributed by atoms with van der Waals surface area (Å²) in [5.74, 6) is 1.13. The van der Waals surface area contributed by atoms with Crippen molar-refractivity contribution in [2.24, 2.45) is 5.10 Å². The Hall–Kier alpha value is -0.440. The fraction of sp³-hybridized carbons (Fsp3) is 0.667. The van der Waals surface area contributed by atoms with Crippen molar-refractivity contribution in [2.45, 2.75) is 26.0 Å². The number of hydrogen-bond acceptors (Lipinski definition) is 3. The second-order valence-electron chi connectivity index (χ2n) is 2.36. The SMILES string of the molecule is C/C=C\C(=N\NC)C(C)SCC. The van der Waals surface area contributed by atoms with Crippen molar-refractivity contribution in [1.82, 2.24) is 5.43 Å². The largest absolute Gasteiger partial charge is 0.313 e. The summed E-state index contributed by atoms with van der Waals surface area (Å²) < 4.78 is 0. The topological polar surface area (TPSA) is 24.4 Å². The summed E-state index contributed by atoms with van der Waals surface area (Å²) in [5, 5.41) is 4.66. The number of hydrogen-bond donors (Lipinski definition) is 1. The van der Waals surface area contributed by atoms with Gasteiger partial charge in [0.1, 0.15) is 0 Å². The molecule has 70 valence electrons. The van der Waals surface area contributed by atoms with Gasteiger partial charge < -0.3 is 5.43 Å². The van der Waals surface area contributed by atoms with E-state index in [1.54, 1.807) is 0 Å². The summed E-state index contributed by atoms with van der Waals surface area (Å²) in [5.41, 5.74) is 3.92. The molecule has 0 fully saturated rings. The molecule has 0 aliphatic carbocycles. The Balaban J connectivity index is 4.19. The second-order valence-corrected chi connectivity index (χ2v) is 3.98. The molecule has 3 heteroatoms. The Labute approximate surface area is 79.5 Å². The lowest BCUT2D eigenvalue weighted by Crippen LogP contribution is -2.14. The second kappa shape index (κ2) is 7.22. The number of nitrogens with zero attached hydrogens (tertiary/aromatic N) is 1. The Morgan fingerprint density at radius 1 is 1.67 bits per heavy atom. The number of nitrogens with one attached hydrogen (secondary N) is 1. The van der Waals surface area contributed by atoms with E-state index in [0.29, 0.717) is 5.25 Å². The van der Waals surface area contributed by atoms with Crippen molar-refractivity contribution < 1.29 is 0 Å². The van der Waals surface area contributed by atoms with E-state index in [9.17, 15) is 0 Å². The van der Waals surface area contributed by atoms with Gasteiger partial charge in [0, 0.05) is 12.3 Å². The molecule has 12 heavy (non-hydrogen) atoms. The zero-order valence-electron chi connectivity index (χ0n) is 8.29. The minimum absolute atomic E-state index is 0.471. The van der Waals surface area contributed by atoms with E-state index in [0.717, 1.165) is 11.5 Å². The molecule has 1 unspecified atom stereocenters. The maximum absolute atomic E-state index is 4.19. The Kier molecular flexibility index (Phi) is 6.96. The lowest BCUT2D eigenvalue weighted by molar-refractivity contribution is 0.895. The zero-order chi connectivity index (χ0) is 9.40. The highest BCUT2D eigenvalue weighted by Gasteiger charge is 2.05. The van der Waals surface area contributed by atoms with Gasteiger partial charge in [0.2, 0.25) is 0 Å². The van der Waals surface area contributed by atoms with Crippen LogP contribution in [0.3, 0.4) is 0 Å². The third kappa shape index (κ3) is 4.44. The first kappa shape index (κ1) is 11.6. The smallest absolute Gasteiger partial charge is 0.0726 e. The van der Waals surface area contributed by atoms with Gasteiger partial charge in [0.25, 0.3) is 0 Å². The van der Waals surface area contributed by atoms with E-state index in [1.807, 2.05) is 37.9 Å². The molecular formula is C9H18N2S. The van der Waals surface area contributed by atoms with Crippen LogP contribution in [0.15, 0.2) is 17.3 Å². The quantitative estimate of drug-likeness (QED) is 0.526.